The highest BCUT2D eigenvalue weighted by Gasteiger charge is 2.41. The summed E-state index contributed by atoms with van der Waals surface area (Å²) >= 11 is 0. The van der Waals surface area contributed by atoms with E-state index >= 15 is 0 Å². The van der Waals surface area contributed by atoms with Crippen LogP contribution in [0.15, 0.2) is 200 Å². The lowest BCUT2D eigenvalue weighted by Gasteiger charge is -2.28. The van der Waals surface area contributed by atoms with Crippen molar-refractivity contribution in [2.45, 2.75) is 31.6 Å². The first-order valence-electron chi connectivity index (χ1n) is 21.3. The minimum absolute atomic E-state index is 0.123. The van der Waals surface area contributed by atoms with E-state index < -0.39 is 0 Å². The lowest BCUT2D eigenvalue weighted by Crippen LogP contribution is -2.22. The predicted molar refractivity (Wildman–Crippen MR) is 254 cm³/mol. The van der Waals surface area contributed by atoms with Crippen molar-refractivity contribution in [3.8, 4) is 67.3 Å². The van der Waals surface area contributed by atoms with Crippen molar-refractivity contribution in [2.24, 2.45) is 0 Å². The standard InChI is InChI=1S/C59H42N2/c1-58(2)52-33-27-37-16-10-11-21-43(37)56(52)48-29-26-39(35-53(48)58)42-30-31-47(45-23-13-12-22-44(42)45)57-60-54(38-17-6-4-7-18-38)36-55(61-57)40-28-32-51-49(34-40)46-24-14-15-25-50(46)59(51,3)41-19-8-5-9-20-41/h4-36H,1-3H3. The molecule has 288 valence electrons. The number of rotatable bonds is 5. The lowest BCUT2D eigenvalue weighted by atomic mass is 9.74. The normalized spacial score (nSPS) is 15.7. The van der Waals surface area contributed by atoms with Crippen LogP contribution in [0.3, 0.4) is 0 Å². The Kier molecular flexibility index (Phi) is 7.74. The van der Waals surface area contributed by atoms with Crippen LogP contribution < -0.4 is 0 Å². The third-order valence-corrected chi connectivity index (χ3v) is 13.8. The van der Waals surface area contributed by atoms with Crippen LogP contribution in [-0.2, 0) is 10.8 Å². The highest BCUT2D eigenvalue weighted by molar-refractivity contribution is 6.06. The molecule has 0 spiro atoms. The molecule has 0 fully saturated rings. The van der Waals surface area contributed by atoms with Crippen molar-refractivity contribution in [1.29, 1.82) is 0 Å². The quantitative estimate of drug-likeness (QED) is 0.174. The van der Waals surface area contributed by atoms with Gasteiger partial charge in [0.25, 0.3) is 0 Å². The van der Waals surface area contributed by atoms with E-state index in [1.807, 2.05) is 0 Å². The van der Waals surface area contributed by atoms with Crippen molar-refractivity contribution in [3.05, 3.63) is 228 Å². The van der Waals surface area contributed by atoms with E-state index in [-0.39, 0.29) is 10.8 Å². The number of nitrogens with zero attached hydrogens (tertiary/aromatic N) is 2. The maximum Gasteiger partial charge on any atom is 0.161 e. The van der Waals surface area contributed by atoms with Crippen molar-refractivity contribution in [2.75, 3.05) is 0 Å². The fourth-order valence-corrected chi connectivity index (χ4v) is 10.6. The predicted octanol–water partition coefficient (Wildman–Crippen LogP) is 15.1. The van der Waals surface area contributed by atoms with Gasteiger partial charge in [-0.1, -0.05) is 190 Å². The number of fused-ring (bicyclic) bond motifs is 9. The van der Waals surface area contributed by atoms with Gasteiger partial charge in [-0.3, -0.25) is 0 Å². The zero-order valence-corrected chi connectivity index (χ0v) is 34.4. The molecule has 12 rings (SSSR count). The topological polar surface area (TPSA) is 25.8 Å². The number of hydrogen-bond donors (Lipinski definition) is 0. The molecule has 1 atom stereocenters. The van der Waals surface area contributed by atoms with Crippen LogP contribution in [-0.4, -0.2) is 9.97 Å². The SMILES string of the molecule is CC1(C)c2cc(-c3ccc(-c4nc(-c5ccccc5)cc(-c5ccc6c(c5)-c5ccccc5C6(C)c5ccccc5)n4)c4ccccc34)ccc2-c2c1ccc1ccccc21. The molecule has 10 aromatic rings. The van der Waals surface area contributed by atoms with E-state index in [9.17, 15) is 0 Å². The van der Waals surface area contributed by atoms with Gasteiger partial charge in [-0.05, 0) is 114 Å². The minimum Gasteiger partial charge on any atom is -0.228 e. The van der Waals surface area contributed by atoms with Crippen molar-refractivity contribution < 1.29 is 0 Å². The van der Waals surface area contributed by atoms with Crippen LogP contribution in [0.25, 0.3) is 88.8 Å². The second kappa shape index (κ2) is 13.3. The van der Waals surface area contributed by atoms with Gasteiger partial charge in [0.15, 0.2) is 5.82 Å². The van der Waals surface area contributed by atoms with Crippen LogP contribution in [0.1, 0.15) is 48.6 Å². The van der Waals surface area contributed by atoms with Gasteiger partial charge in [-0.25, -0.2) is 9.97 Å². The van der Waals surface area contributed by atoms with Crippen molar-refractivity contribution in [3.63, 3.8) is 0 Å². The molecule has 2 aliphatic carbocycles. The Bertz CT molecular complexity index is 3400. The highest BCUT2D eigenvalue weighted by atomic mass is 14.9. The first-order chi connectivity index (χ1) is 29.9. The second-order valence-electron chi connectivity index (χ2n) is 17.4. The third kappa shape index (κ3) is 5.28. The van der Waals surface area contributed by atoms with Crippen LogP contribution >= 0.6 is 0 Å². The monoisotopic (exact) mass is 778 g/mol. The Morgan fingerprint density at radius 2 is 0.934 bits per heavy atom. The maximum absolute atomic E-state index is 5.43. The first kappa shape index (κ1) is 35.5. The van der Waals surface area contributed by atoms with Crippen LogP contribution in [0.5, 0.6) is 0 Å². The Hall–Kier alpha value is -7.42. The van der Waals surface area contributed by atoms with E-state index in [1.54, 1.807) is 0 Å². The Morgan fingerprint density at radius 3 is 1.74 bits per heavy atom. The molecule has 0 N–H and O–H groups in total. The van der Waals surface area contributed by atoms with Gasteiger partial charge in [-0.15, -0.1) is 0 Å². The average Bonchev–Trinajstić information content (AvgIpc) is 3.72. The third-order valence-electron chi connectivity index (χ3n) is 13.8. The van der Waals surface area contributed by atoms with Gasteiger partial charge < -0.3 is 0 Å². The zero-order chi connectivity index (χ0) is 40.9. The maximum atomic E-state index is 5.43. The van der Waals surface area contributed by atoms with Crippen molar-refractivity contribution in [1.82, 2.24) is 9.97 Å². The average molecular weight is 779 g/mol. The first-order valence-corrected chi connectivity index (χ1v) is 21.3. The van der Waals surface area contributed by atoms with Gasteiger partial charge in [0, 0.05) is 27.5 Å². The van der Waals surface area contributed by atoms with Gasteiger partial charge in [0.05, 0.1) is 11.4 Å². The fourth-order valence-electron chi connectivity index (χ4n) is 10.6. The minimum atomic E-state index is -0.259. The molecule has 0 amide bonds. The van der Waals surface area contributed by atoms with Gasteiger partial charge in [0.2, 0.25) is 0 Å². The van der Waals surface area contributed by atoms with Crippen molar-refractivity contribution >= 4 is 21.5 Å². The molecule has 0 radical (unpaired) electrons. The molecular formula is C59H42N2. The number of hydrogen-bond acceptors (Lipinski definition) is 2. The Balaban J connectivity index is 1.01. The van der Waals surface area contributed by atoms with E-state index in [0.29, 0.717) is 5.82 Å². The van der Waals surface area contributed by atoms with Gasteiger partial charge in [0.1, 0.15) is 0 Å². The van der Waals surface area contributed by atoms with E-state index in [0.717, 1.165) is 33.5 Å². The summed E-state index contributed by atoms with van der Waals surface area (Å²) < 4.78 is 0. The zero-order valence-electron chi connectivity index (χ0n) is 34.4. The molecule has 0 saturated carbocycles. The molecule has 2 nitrogen and oxygen atoms in total. The summed E-state index contributed by atoms with van der Waals surface area (Å²) in [5.74, 6) is 0.714. The van der Waals surface area contributed by atoms with E-state index in [4.69, 9.17) is 9.97 Å². The lowest BCUT2D eigenvalue weighted by molar-refractivity contribution is 0.661. The summed E-state index contributed by atoms with van der Waals surface area (Å²) in [6.45, 7) is 7.10. The molecule has 2 heteroatoms. The van der Waals surface area contributed by atoms with Crippen LogP contribution in [0.2, 0.25) is 0 Å². The highest BCUT2D eigenvalue weighted by Crippen LogP contribution is 2.54. The molecule has 9 aromatic carbocycles. The van der Waals surface area contributed by atoms with Gasteiger partial charge in [-0.2, -0.15) is 0 Å². The molecule has 0 bridgehead atoms. The molecule has 2 aliphatic rings. The molecular weight excluding hydrogens is 737 g/mol. The number of benzene rings is 9. The van der Waals surface area contributed by atoms with E-state index in [2.05, 4.69) is 221 Å². The summed E-state index contributed by atoms with van der Waals surface area (Å²) in [4.78, 5) is 10.8. The summed E-state index contributed by atoms with van der Waals surface area (Å²) in [5.41, 5.74) is 18.9. The van der Waals surface area contributed by atoms with Crippen LogP contribution in [0.4, 0.5) is 0 Å². The summed E-state index contributed by atoms with van der Waals surface area (Å²) in [6.07, 6.45) is 0. The summed E-state index contributed by atoms with van der Waals surface area (Å²) in [5, 5.41) is 4.92. The van der Waals surface area contributed by atoms with Gasteiger partial charge >= 0.3 is 0 Å². The largest absolute Gasteiger partial charge is 0.228 e. The number of aromatic nitrogens is 2. The Morgan fingerprint density at radius 1 is 0.344 bits per heavy atom. The Labute approximate surface area is 356 Å². The second-order valence-corrected chi connectivity index (χ2v) is 17.4. The van der Waals surface area contributed by atoms with E-state index in [1.165, 1.54) is 77.4 Å². The molecule has 1 aromatic heterocycles. The van der Waals surface area contributed by atoms with Crippen LogP contribution in [0, 0.1) is 0 Å². The smallest absolute Gasteiger partial charge is 0.161 e. The molecule has 0 saturated heterocycles. The molecule has 1 heterocycles. The fraction of sp³-hybridized carbons (Fsp3) is 0.0847. The summed E-state index contributed by atoms with van der Waals surface area (Å²) in [7, 11) is 0. The summed E-state index contributed by atoms with van der Waals surface area (Å²) in [6, 6.07) is 73.1. The molecule has 0 aliphatic heterocycles. The molecule has 61 heavy (non-hydrogen) atoms. The molecule has 1 unspecified atom stereocenters.